The van der Waals surface area contributed by atoms with Gasteiger partial charge in [0.2, 0.25) is 0 Å². The van der Waals surface area contributed by atoms with Gasteiger partial charge >= 0.3 is 0 Å². The summed E-state index contributed by atoms with van der Waals surface area (Å²) < 4.78 is 15.3. The van der Waals surface area contributed by atoms with Crippen molar-refractivity contribution in [3.8, 4) is 5.69 Å². The molecule has 2 N–H and O–H groups in total. The molecule has 2 aromatic carbocycles. The summed E-state index contributed by atoms with van der Waals surface area (Å²) in [5, 5.41) is 4.94. The number of nitrogen functional groups attached to an aromatic ring is 1. The average molecular weight is 227 g/mol. The Morgan fingerprint density at radius 2 is 1.88 bits per heavy atom. The first-order chi connectivity index (χ1) is 8.27. The lowest BCUT2D eigenvalue weighted by Gasteiger charge is -2.06. The van der Waals surface area contributed by atoms with Gasteiger partial charge in [-0.15, -0.1) is 0 Å². The first-order valence-corrected chi connectivity index (χ1v) is 5.24. The highest BCUT2D eigenvalue weighted by Gasteiger charge is 2.10. The molecule has 3 nitrogen and oxygen atoms in total. The molecule has 3 aromatic rings. The molecule has 0 radical (unpaired) electrons. The van der Waals surface area contributed by atoms with Crippen molar-refractivity contribution in [1.29, 1.82) is 0 Å². The molecule has 0 aliphatic carbocycles. The Morgan fingerprint density at radius 3 is 2.71 bits per heavy atom. The van der Waals surface area contributed by atoms with Crippen molar-refractivity contribution in [3.63, 3.8) is 0 Å². The molecule has 0 atom stereocenters. The van der Waals surface area contributed by atoms with E-state index in [1.165, 1.54) is 10.7 Å². The third-order valence-corrected chi connectivity index (χ3v) is 2.71. The fourth-order valence-corrected chi connectivity index (χ4v) is 1.90. The summed E-state index contributed by atoms with van der Waals surface area (Å²) in [4.78, 5) is 0. The van der Waals surface area contributed by atoms with E-state index in [-0.39, 0.29) is 5.82 Å². The van der Waals surface area contributed by atoms with Crippen molar-refractivity contribution in [2.45, 2.75) is 0 Å². The van der Waals surface area contributed by atoms with Crippen molar-refractivity contribution in [2.75, 3.05) is 5.73 Å². The molecule has 1 aromatic heterocycles. The highest BCUT2D eigenvalue weighted by Crippen LogP contribution is 2.23. The summed E-state index contributed by atoms with van der Waals surface area (Å²) in [5.74, 6) is -0.303. The minimum atomic E-state index is -0.303. The van der Waals surface area contributed by atoms with Crippen LogP contribution in [0.2, 0.25) is 0 Å². The summed E-state index contributed by atoms with van der Waals surface area (Å²) in [6.45, 7) is 0. The number of anilines is 1. The van der Waals surface area contributed by atoms with Crippen LogP contribution in [-0.4, -0.2) is 9.78 Å². The predicted molar refractivity (Wildman–Crippen MR) is 65.4 cm³/mol. The molecule has 0 spiro atoms. The van der Waals surface area contributed by atoms with Crippen molar-refractivity contribution < 1.29 is 4.39 Å². The summed E-state index contributed by atoms with van der Waals surface area (Å²) in [7, 11) is 0. The zero-order valence-electron chi connectivity index (χ0n) is 8.97. The van der Waals surface area contributed by atoms with Gasteiger partial charge in [0, 0.05) is 5.39 Å². The van der Waals surface area contributed by atoms with Gasteiger partial charge in [-0.1, -0.05) is 24.3 Å². The monoisotopic (exact) mass is 227 g/mol. The molecule has 0 bridgehead atoms. The van der Waals surface area contributed by atoms with Gasteiger partial charge in [0.1, 0.15) is 11.3 Å². The Hall–Kier alpha value is -2.36. The van der Waals surface area contributed by atoms with Crippen molar-refractivity contribution in [3.05, 3.63) is 54.5 Å². The van der Waals surface area contributed by atoms with Crippen LogP contribution in [0, 0.1) is 5.82 Å². The second kappa shape index (κ2) is 3.59. The minimum Gasteiger partial charge on any atom is -0.397 e. The summed E-state index contributed by atoms with van der Waals surface area (Å²) in [5.41, 5.74) is 7.58. The molecule has 3 rings (SSSR count). The topological polar surface area (TPSA) is 43.8 Å². The Labute approximate surface area is 97.3 Å². The molecular formula is C13H10FN3. The molecule has 1 heterocycles. The molecule has 0 aliphatic heterocycles. The third-order valence-electron chi connectivity index (χ3n) is 2.71. The molecule has 0 saturated heterocycles. The maximum atomic E-state index is 13.8. The number of hydrogen-bond acceptors (Lipinski definition) is 2. The number of hydrogen-bond donors (Lipinski definition) is 1. The van der Waals surface area contributed by atoms with Crippen LogP contribution in [0.4, 0.5) is 10.1 Å². The van der Waals surface area contributed by atoms with Crippen LogP contribution < -0.4 is 5.73 Å². The number of para-hydroxylation sites is 3. The van der Waals surface area contributed by atoms with E-state index >= 15 is 0 Å². The second-order valence-corrected chi connectivity index (χ2v) is 3.79. The van der Waals surface area contributed by atoms with Gasteiger partial charge in [-0.05, 0) is 18.2 Å². The van der Waals surface area contributed by atoms with E-state index in [1.807, 2.05) is 24.3 Å². The van der Waals surface area contributed by atoms with Crippen LogP contribution in [0.3, 0.4) is 0 Å². The van der Waals surface area contributed by atoms with Crippen LogP contribution in [0.1, 0.15) is 0 Å². The van der Waals surface area contributed by atoms with Crippen molar-refractivity contribution in [1.82, 2.24) is 9.78 Å². The van der Waals surface area contributed by atoms with E-state index in [0.717, 1.165) is 5.39 Å². The number of halogens is 1. The van der Waals surface area contributed by atoms with Gasteiger partial charge in [0.05, 0.1) is 17.6 Å². The summed E-state index contributed by atoms with van der Waals surface area (Å²) in [6, 6.07) is 12.2. The number of rotatable bonds is 1. The van der Waals surface area contributed by atoms with Crippen LogP contribution in [0.5, 0.6) is 0 Å². The molecule has 0 fully saturated rings. The molecule has 0 unspecified atom stereocenters. The van der Waals surface area contributed by atoms with Gasteiger partial charge in [-0.25, -0.2) is 9.07 Å². The van der Waals surface area contributed by atoms with Crippen molar-refractivity contribution >= 4 is 16.6 Å². The largest absolute Gasteiger partial charge is 0.397 e. The number of nitrogens with two attached hydrogens (primary N) is 1. The SMILES string of the molecule is Nc1ccccc1-n1ncc2cccc(F)c21. The standard InChI is InChI=1S/C13H10FN3/c14-10-5-3-4-9-8-16-17(13(9)10)12-7-2-1-6-11(12)15/h1-8H,15H2. The zero-order chi connectivity index (χ0) is 11.8. The maximum Gasteiger partial charge on any atom is 0.149 e. The van der Waals surface area contributed by atoms with E-state index in [2.05, 4.69) is 5.10 Å². The fraction of sp³-hybridized carbons (Fsp3) is 0. The van der Waals surface area contributed by atoms with E-state index in [1.54, 1.807) is 18.3 Å². The summed E-state index contributed by atoms with van der Waals surface area (Å²) in [6.07, 6.45) is 1.63. The van der Waals surface area contributed by atoms with E-state index < -0.39 is 0 Å². The Kier molecular flexibility index (Phi) is 2.08. The Balaban J connectivity index is 2.36. The van der Waals surface area contributed by atoms with Gasteiger partial charge in [-0.2, -0.15) is 5.10 Å². The Bertz CT molecular complexity index is 688. The smallest absolute Gasteiger partial charge is 0.149 e. The predicted octanol–water partition coefficient (Wildman–Crippen LogP) is 2.75. The molecule has 17 heavy (non-hydrogen) atoms. The van der Waals surface area contributed by atoms with E-state index in [4.69, 9.17) is 5.73 Å². The Morgan fingerprint density at radius 1 is 1.06 bits per heavy atom. The van der Waals surface area contributed by atoms with Crippen LogP contribution in [0.15, 0.2) is 48.7 Å². The molecule has 0 saturated carbocycles. The van der Waals surface area contributed by atoms with Crippen LogP contribution in [-0.2, 0) is 0 Å². The van der Waals surface area contributed by atoms with E-state index in [0.29, 0.717) is 16.9 Å². The third kappa shape index (κ3) is 1.45. The first-order valence-electron chi connectivity index (χ1n) is 5.24. The van der Waals surface area contributed by atoms with Gasteiger partial charge in [0.25, 0.3) is 0 Å². The van der Waals surface area contributed by atoms with Crippen LogP contribution >= 0.6 is 0 Å². The molecule has 0 amide bonds. The van der Waals surface area contributed by atoms with Crippen molar-refractivity contribution in [2.24, 2.45) is 0 Å². The molecule has 84 valence electrons. The van der Waals surface area contributed by atoms with Gasteiger partial charge < -0.3 is 5.73 Å². The lowest BCUT2D eigenvalue weighted by atomic mass is 10.2. The highest BCUT2D eigenvalue weighted by atomic mass is 19.1. The number of fused-ring (bicyclic) bond motifs is 1. The van der Waals surface area contributed by atoms with E-state index in [9.17, 15) is 4.39 Å². The second-order valence-electron chi connectivity index (χ2n) is 3.79. The molecular weight excluding hydrogens is 217 g/mol. The normalized spacial score (nSPS) is 10.9. The molecule has 0 aliphatic rings. The quantitative estimate of drug-likeness (QED) is 0.649. The lowest BCUT2D eigenvalue weighted by molar-refractivity contribution is 0.632. The highest BCUT2D eigenvalue weighted by molar-refractivity contribution is 5.82. The average Bonchev–Trinajstić information content (AvgIpc) is 2.75. The molecule has 4 heteroatoms. The number of benzene rings is 2. The number of nitrogens with zero attached hydrogens (tertiary/aromatic N) is 2. The minimum absolute atomic E-state index is 0.303. The first kappa shape index (κ1) is 9.84. The zero-order valence-corrected chi connectivity index (χ0v) is 8.97. The van der Waals surface area contributed by atoms with Crippen LogP contribution in [0.25, 0.3) is 16.6 Å². The maximum absolute atomic E-state index is 13.8. The lowest BCUT2D eigenvalue weighted by Crippen LogP contribution is -2.01. The number of aromatic nitrogens is 2. The van der Waals surface area contributed by atoms with Gasteiger partial charge in [0.15, 0.2) is 0 Å². The summed E-state index contributed by atoms with van der Waals surface area (Å²) >= 11 is 0. The van der Waals surface area contributed by atoms with Gasteiger partial charge in [-0.3, -0.25) is 0 Å². The fourth-order valence-electron chi connectivity index (χ4n) is 1.90.